The number of halogens is 1. The Morgan fingerprint density at radius 2 is 2.15 bits per heavy atom. The van der Waals surface area contributed by atoms with Gasteiger partial charge in [0.2, 0.25) is 0 Å². The molecule has 104 valence electrons. The third-order valence-electron chi connectivity index (χ3n) is 3.25. The SMILES string of the molecule is CCn1c(-c2sc(CN)nc2C)nc2cc(Br)ccc21. The van der Waals surface area contributed by atoms with Crippen molar-refractivity contribution in [3.8, 4) is 10.7 Å². The van der Waals surface area contributed by atoms with Crippen LogP contribution < -0.4 is 5.73 Å². The van der Waals surface area contributed by atoms with Gasteiger partial charge in [0.15, 0.2) is 5.82 Å². The molecule has 2 heterocycles. The molecule has 2 N–H and O–H groups in total. The number of rotatable bonds is 3. The van der Waals surface area contributed by atoms with Gasteiger partial charge in [0, 0.05) is 17.6 Å². The van der Waals surface area contributed by atoms with Crippen LogP contribution in [0.1, 0.15) is 17.6 Å². The van der Waals surface area contributed by atoms with Crippen molar-refractivity contribution in [3.05, 3.63) is 33.4 Å². The van der Waals surface area contributed by atoms with Crippen LogP contribution in [0.25, 0.3) is 21.7 Å². The summed E-state index contributed by atoms with van der Waals surface area (Å²) in [6.45, 7) is 5.50. The maximum atomic E-state index is 5.69. The van der Waals surface area contributed by atoms with Gasteiger partial charge < -0.3 is 10.3 Å². The summed E-state index contributed by atoms with van der Waals surface area (Å²) < 4.78 is 3.27. The number of hydrogen-bond donors (Lipinski definition) is 1. The number of fused-ring (bicyclic) bond motifs is 1. The maximum Gasteiger partial charge on any atom is 0.153 e. The molecule has 20 heavy (non-hydrogen) atoms. The third kappa shape index (κ3) is 2.17. The van der Waals surface area contributed by atoms with Gasteiger partial charge in [0.25, 0.3) is 0 Å². The number of nitrogens with two attached hydrogens (primary N) is 1. The van der Waals surface area contributed by atoms with Gasteiger partial charge in [-0.3, -0.25) is 0 Å². The Balaban J connectivity index is 2.26. The molecule has 0 unspecified atom stereocenters. The van der Waals surface area contributed by atoms with Crippen molar-refractivity contribution in [2.24, 2.45) is 5.73 Å². The highest BCUT2D eigenvalue weighted by atomic mass is 79.9. The number of thiazole rings is 1. The molecule has 3 rings (SSSR count). The number of hydrogen-bond acceptors (Lipinski definition) is 4. The van der Waals surface area contributed by atoms with E-state index in [0.29, 0.717) is 6.54 Å². The van der Waals surface area contributed by atoms with E-state index in [1.54, 1.807) is 11.3 Å². The fourth-order valence-corrected chi connectivity index (χ4v) is 3.63. The van der Waals surface area contributed by atoms with Crippen LogP contribution in [0.2, 0.25) is 0 Å². The zero-order chi connectivity index (χ0) is 14.3. The van der Waals surface area contributed by atoms with Crippen LogP contribution >= 0.6 is 27.3 Å². The molecule has 0 amide bonds. The van der Waals surface area contributed by atoms with Gasteiger partial charge in [-0.25, -0.2) is 9.97 Å². The van der Waals surface area contributed by atoms with Gasteiger partial charge in [-0.05, 0) is 32.0 Å². The van der Waals surface area contributed by atoms with Crippen LogP contribution in [0.3, 0.4) is 0 Å². The largest absolute Gasteiger partial charge is 0.325 e. The number of aryl methyl sites for hydroxylation is 2. The normalized spacial score (nSPS) is 11.4. The molecular weight excluding hydrogens is 336 g/mol. The minimum Gasteiger partial charge on any atom is -0.325 e. The van der Waals surface area contributed by atoms with Crippen molar-refractivity contribution >= 4 is 38.3 Å². The van der Waals surface area contributed by atoms with Crippen LogP contribution in [0, 0.1) is 6.92 Å². The highest BCUT2D eigenvalue weighted by Crippen LogP contribution is 2.32. The quantitative estimate of drug-likeness (QED) is 0.783. The predicted octanol–water partition coefficient (Wildman–Crippen LogP) is 3.71. The molecule has 0 spiro atoms. The van der Waals surface area contributed by atoms with Gasteiger partial charge in [-0.2, -0.15) is 0 Å². The molecule has 2 aromatic heterocycles. The Hall–Kier alpha value is -1.24. The molecule has 0 aliphatic heterocycles. The molecule has 0 aliphatic carbocycles. The first kappa shape index (κ1) is 13.7. The topological polar surface area (TPSA) is 56.7 Å². The summed E-state index contributed by atoms with van der Waals surface area (Å²) in [5.74, 6) is 0.982. The molecule has 4 nitrogen and oxygen atoms in total. The summed E-state index contributed by atoms with van der Waals surface area (Å²) >= 11 is 5.13. The fraction of sp³-hybridized carbons (Fsp3) is 0.286. The lowest BCUT2D eigenvalue weighted by Gasteiger charge is -2.04. The Morgan fingerprint density at radius 1 is 1.35 bits per heavy atom. The average molecular weight is 351 g/mol. The maximum absolute atomic E-state index is 5.69. The van der Waals surface area contributed by atoms with E-state index in [9.17, 15) is 0 Å². The van der Waals surface area contributed by atoms with E-state index in [1.807, 2.05) is 19.1 Å². The third-order valence-corrected chi connectivity index (χ3v) is 4.91. The van der Waals surface area contributed by atoms with E-state index in [4.69, 9.17) is 10.7 Å². The van der Waals surface area contributed by atoms with E-state index in [-0.39, 0.29) is 0 Å². The van der Waals surface area contributed by atoms with Gasteiger partial charge in [0.1, 0.15) is 5.01 Å². The molecule has 0 radical (unpaired) electrons. The number of nitrogens with zero attached hydrogens (tertiary/aromatic N) is 3. The smallest absolute Gasteiger partial charge is 0.153 e. The molecule has 0 saturated carbocycles. The number of aromatic nitrogens is 3. The monoisotopic (exact) mass is 350 g/mol. The van der Waals surface area contributed by atoms with Crippen LogP contribution in [-0.4, -0.2) is 14.5 Å². The van der Waals surface area contributed by atoms with Crippen molar-refractivity contribution in [2.45, 2.75) is 26.9 Å². The summed E-state index contributed by atoms with van der Waals surface area (Å²) in [6, 6.07) is 6.19. The fourth-order valence-electron chi connectivity index (χ4n) is 2.34. The summed E-state index contributed by atoms with van der Waals surface area (Å²) in [7, 11) is 0. The summed E-state index contributed by atoms with van der Waals surface area (Å²) in [5.41, 5.74) is 8.83. The molecular formula is C14H15BrN4S. The number of benzene rings is 1. The lowest BCUT2D eigenvalue weighted by molar-refractivity contribution is 0.797. The molecule has 0 atom stereocenters. The first-order valence-electron chi connectivity index (χ1n) is 6.46. The zero-order valence-corrected chi connectivity index (χ0v) is 13.8. The van der Waals surface area contributed by atoms with Crippen molar-refractivity contribution in [2.75, 3.05) is 0 Å². The lowest BCUT2D eigenvalue weighted by Crippen LogP contribution is -1.97. The van der Waals surface area contributed by atoms with Gasteiger partial charge >= 0.3 is 0 Å². The van der Waals surface area contributed by atoms with Crippen LogP contribution in [0.15, 0.2) is 22.7 Å². The Kier molecular flexibility index (Phi) is 3.62. The van der Waals surface area contributed by atoms with Crippen LogP contribution in [-0.2, 0) is 13.1 Å². The first-order valence-corrected chi connectivity index (χ1v) is 8.07. The highest BCUT2D eigenvalue weighted by Gasteiger charge is 2.17. The second-order valence-electron chi connectivity index (χ2n) is 4.54. The summed E-state index contributed by atoms with van der Waals surface area (Å²) in [6.07, 6.45) is 0. The molecule has 6 heteroatoms. The molecule has 0 aliphatic rings. The molecule has 0 bridgehead atoms. The molecule has 0 saturated heterocycles. The van der Waals surface area contributed by atoms with E-state index in [0.717, 1.165) is 43.5 Å². The zero-order valence-electron chi connectivity index (χ0n) is 11.4. The van der Waals surface area contributed by atoms with Crippen molar-refractivity contribution < 1.29 is 0 Å². The minimum atomic E-state index is 0.476. The van der Waals surface area contributed by atoms with Crippen molar-refractivity contribution in [3.63, 3.8) is 0 Å². The minimum absolute atomic E-state index is 0.476. The van der Waals surface area contributed by atoms with Crippen LogP contribution in [0.4, 0.5) is 0 Å². The highest BCUT2D eigenvalue weighted by molar-refractivity contribution is 9.10. The second-order valence-corrected chi connectivity index (χ2v) is 6.54. The Morgan fingerprint density at radius 3 is 2.80 bits per heavy atom. The van der Waals surface area contributed by atoms with Gasteiger partial charge in [-0.1, -0.05) is 15.9 Å². The lowest BCUT2D eigenvalue weighted by atomic mass is 10.3. The predicted molar refractivity (Wildman–Crippen MR) is 86.8 cm³/mol. The van der Waals surface area contributed by atoms with Crippen molar-refractivity contribution in [1.29, 1.82) is 0 Å². The van der Waals surface area contributed by atoms with Crippen molar-refractivity contribution in [1.82, 2.24) is 14.5 Å². The van der Waals surface area contributed by atoms with Gasteiger partial charge in [-0.15, -0.1) is 11.3 Å². The molecule has 1 aromatic carbocycles. The van der Waals surface area contributed by atoms with E-state index >= 15 is 0 Å². The van der Waals surface area contributed by atoms with Crippen LogP contribution in [0.5, 0.6) is 0 Å². The summed E-state index contributed by atoms with van der Waals surface area (Å²) in [4.78, 5) is 10.4. The first-order chi connectivity index (χ1) is 9.63. The molecule has 3 aromatic rings. The van der Waals surface area contributed by atoms with E-state index < -0.39 is 0 Å². The standard InChI is InChI=1S/C14H15BrN4S/c1-3-19-11-5-4-9(15)6-10(11)18-14(19)13-8(2)17-12(7-16)20-13/h4-6H,3,7,16H2,1-2H3. The van der Waals surface area contributed by atoms with E-state index in [2.05, 4.69) is 38.5 Å². The average Bonchev–Trinajstić information content (AvgIpc) is 2.97. The second kappa shape index (κ2) is 5.27. The van der Waals surface area contributed by atoms with Gasteiger partial charge in [0.05, 0.1) is 21.6 Å². The summed E-state index contributed by atoms with van der Waals surface area (Å²) in [5, 5.41) is 0.952. The molecule has 0 fully saturated rings. The Bertz CT molecular complexity index is 775. The Labute approximate surface area is 129 Å². The number of imidazole rings is 1. The van der Waals surface area contributed by atoms with E-state index in [1.165, 1.54) is 0 Å².